The van der Waals surface area contributed by atoms with E-state index < -0.39 is 0 Å². The van der Waals surface area contributed by atoms with Crippen LogP contribution in [0.3, 0.4) is 0 Å². The van der Waals surface area contributed by atoms with Gasteiger partial charge in [-0.1, -0.05) is 26.7 Å². The predicted molar refractivity (Wildman–Crippen MR) is 81.1 cm³/mol. The minimum atomic E-state index is 0.743. The first-order chi connectivity index (χ1) is 8.77. The van der Waals surface area contributed by atoms with Gasteiger partial charge in [-0.25, -0.2) is 0 Å². The van der Waals surface area contributed by atoms with E-state index >= 15 is 0 Å². The van der Waals surface area contributed by atoms with Gasteiger partial charge in [0.15, 0.2) is 0 Å². The zero-order valence-electron chi connectivity index (χ0n) is 12.9. The summed E-state index contributed by atoms with van der Waals surface area (Å²) in [5.41, 5.74) is 0. The Morgan fingerprint density at radius 2 is 2.06 bits per heavy atom. The summed E-state index contributed by atoms with van der Waals surface area (Å²) >= 11 is 0. The fraction of sp³-hybridized carbons (Fsp3) is 1.00. The van der Waals surface area contributed by atoms with Crippen LogP contribution < -0.4 is 5.32 Å². The first-order valence-electron chi connectivity index (χ1n) is 8.25. The van der Waals surface area contributed by atoms with Crippen molar-refractivity contribution in [2.45, 2.75) is 84.2 Å². The Morgan fingerprint density at radius 3 is 2.78 bits per heavy atom. The maximum Gasteiger partial charge on any atom is 0.00669 e. The lowest BCUT2D eigenvalue weighted by molar-refractivity contribution is 0.206. The lowest BCUT2D eigenvalue weighted by atomic mass is 10.1. The van der Waals surface area contributed by atoms with Gasteiger partial charge < -0.3 is 10.2 Å². The Balaban J connectivity index is 2.17. The van der Waals surface area contributed by atoms with Gasteiger partial charge in [-0.05, 0) is 65.1 Å². The van der Waals surface area contributed by atoms with E-state index in [2.05, 4.69) is 31.0 Å². The van der Waals surface area contributed by atoms with Crippen molar-refractivity contribution in [2.75, 3.05) is 19.6 Å². The molecule has 0 aliphatic carbocycles. The molecule has 1 fully saturated rings. The zero-order chi connectivity index (χ0) is 13.2. The van der Waals surface area contributed by atoms with Crippen LogP contribution in [0.5, 0.6) is 0 Å². The van der Waals surface area contributed by atoms with Crippen LogP contribution >= 0.6 is 0 Å². The van der Waals surface area contributed by atoms with Gasteiger partial charge in [-0.3, -0.25) is 0 Å². The van der Waals surface area contributed by atoms with E-state index in [0.29, 0.717) is 0 Å². The van der Waals surface area contributed by atoms with Crippen molar-refractivity contribution in [1.82, 2.24) is 10.2 Å². The summed E-state index contributed by atoms with van der Waals surface area (Å²) in [5.74, 6) is 0. The summed E-state index contributed by atoms with van der Waals surface area (Å²) in [5, 5.41) is 3.66. The second kappa shape index (κ2) is 9.80. The molecule has 1 rings (SSSR count). The Hall–Kier alpha value is -0.0800. The lowest BCUT2D eigenvalue weighted by Gasteiger charge is -2.27. The summed E-state index contributed by atoms with van der Waals surface area (Å²) in [6.45, 7) is 10.8. The van der Waals surface area contributed by atoms with Crippen LogP contribution in [0.15, 0.2) is 0 Å². The smallest absolute Gasteiger partial charge is 0.00669 e. The molecule has 18 heavy (non-hydrogen) atoms. The zero-order valence-corrected chi connectivity index (χ0v) is 12.9. The Morgan fingerprint density at radius 1 is 1.22 bits per heavy atom. The number of rotatable bonds is 8. The van der Waals surface area contributed by atoms with Crippen molar-refractivity contribution in [2.24, 2.45) is 0 Å². The maximum absolute atomic E-state index is 3.66. The van der Waals surface area contributed by atoms with E-state index in [9.17, 15) is 0 Å². The van der Waals surface area contributed by atoms with Crippen LogP contribution in [0.2, 0.25) is 0 Å². The van der Waals surface area contributed by atoms with Gasteiger partial charge in [-0.2, -0.15) is 0 Å². The molecular formula is C16H34N2. The molecule has 1 saturated heterocycles. The molecule has 0 saturated carbocycles. The predicted octanol–water partition coefficient (Wildman–Crippen LogP) is 3.81. The molecule has 108 valence electrons. The summed E-state index contributed by atoms with van der Waals surface area (Å²) in [6, 6.07) is 1.56. The molecule has 2 unspecified atom stereocenters. The van der Waals surface area contributed by atoms with Crippen LogP contribution in [0.1, 0.15) is 72.1 Å². The van der Waals surface area contributed by atoms with E-state index in [1.165, 1.54) is 71.0 Å². The van der Waals surface area contributed by atoms with Crippen molar-refractivity contribution in [3.8, 4) is 0 Å². The Labute approximate surface area is 115 Å². The lowest BCUT2D eigenvalue weighted by Crippen LogP contribution is -2.35. The van der Waals surface area contributed by atoms with Crippen LogP contribution in [0.4, 0.5) is 0 Å². The summed E-state index contributed by atoms with van der Waals surface area (Å²) in [6.07, 6.45) is 10.9. The minimum Gasteiger partial charge on any atom is -0.314 e. The van der Waals surface area contributed by atoms with Crippen molar-refractivity contribution < 1.29 is 0 Å². The van der Waals surface area contributed by atoms with Crippen LogP contribution in [-0.4, -0.2) is 36.6 Å². The van der Waals surface area contributed by atoms with Crippen LogP contribution in [-0.2, 0) is 0 Å². The SMILES string of the molecule is CCCNC(CC)CCCN1CCCCCC1C. The third-order valence-corrected chi connectivity index (χ3v) is 4.36. The molecule has 0 spiro atoms. The largest absolute Gasteiger partial charge is 0.314 e. The number of hydrogen-bond acceptors (Lipinski definition) is 2. The number of nitrogens with zero attached hydrogens (tertiary/aromatic N) is 1. The molecule has 1 aliphatic heterocycles. The Kier molecular flexibility index (Phi) is 8.70. The second-order valence-corrected chi connectivity index (χ2v) is 5.94. The number of nitrogens with one attached hydrogen (secondary N) is 1. The molecule has 0 amide bonds. The first kappa shape index (κ1) is 16.0. The van der Waals surface area contributed by atoms with Crippen molar-refractivity contribution in [3.63, 3.8) is 0 Å². The van der Waals surface area contributed by atoms with E-state index in [1.807, 2.05) is 0 Å². The van der Waals surface area contributed by atoms with Gasteiger partial charge >= 0.3 is 0 Å². The molecule has 0 aromatic heterocycles. The fourth-order valence-electron chi connectivity index (χ4n) is 3.01. The molecule has 2 heteroatoms. The monoisotopic (exact) mass is 254 g/mol. The second-order valence-electron chi connectivity index (χ2n) is 5.94. The third kappa shape index (κ3) is 6.19. The maximum atomic E-state index is 3.66. The van der Waals surface area contributed by atoms with Crippen molar-refractivity contribution in [1.29, 1.82) is 0 Å². The summed E-state index contributed by atoms with van der Waals surface area (Å²) in [7, 11) is 0. The molecule has 0 aromatic rings. The molecular weight excluding hydrogens is 220 g/mol. The van der Waals surface area contributed by atoms with Gasteiger partial charge in [0.05, 0.1) is 0 Å². The highest BCUT2D eigenvalue weighted by Gasteiger charge is 2.16. The Bertz CT molecular complexity index is 194. The summed E-state index contributed by atoms with van der Waals surface area (Å²) in [4.78, 5) is 2.72. The van der Waals surface area contributed by atoms with E-state index in [0.717, 1.165) is 12.1 Å². The standard InChI is InChI=1S/C16H34N2/c1-4-12-17-16(5-2)11-9-14-18-13-8-6-7-10-15(18)3/h15-17H,4-14H2,1-3H3. The van der Waals surface area contributed by atoms with Crippen molar-refractivity contribution in [3.05, 3.63) is 0 Å². The fourth-order valence-corrected chi connectivity index (χ4v) is 3.01. The normalized spacial score (nSPS) is 23.8. The molecule has 1 aliphatic rings. The van der Waals surface area contributed by atoms with Gasteiger partial charge in [0.2, 0.25) is 0 Å². The van der Waals surface area contributed by atoms with E-state index in [4.69, 9.17) is 0 Å². The highest BCUT2D eigenvalue weighted by atomic mass is 15.1. The quantitative estimate of drug-likeness (QED) is 0.708. The third-order valence-electron chi connectivity index (χ3n) is 4.36. The van der Waals surface area contributed by atoms with E-state index in [1.54, 1.807) is 0 Å². The highest BCUT2D eigenvalue weighted by molar-refractivity contribution is 4.73. The average molecular weight is 254 g/mol. The van der Waals surface area contributed by atoms with E-state index in [-0.39, 0.29) is 0 Å². The first-order valence-corrected chi connectivity index (χ1v) is 8.25. The molecule has 1 heterocycles. The molecule has 0 bridgehead atoms. The van der Waals surface area contributed by atoms with Gasteiger partial charge in [0.25, 0.3) is 0 Å². The van der Waals surface area contributed by atoms with Crippen molar-refractivity contribution >= 4 is 0 Å². The summed E-state index contributed by atoms with van der Waals surface area (Å²) < 4.78 is 0. The molecule has 2 atom stereocenters. The number of likely N-dealkylation sites (tertiary alicyclic amines) is 1. The van der Waals surface area contributed by atoms with Gasteiger partial charge in [-0.15, -0.1) is 0 Å². The molecule has 0 radical (unpaired) electrons. The number of hydrogen-bond donors (Lipinski definition) is 1. The molecule has 2 nitrogen and oxygen atoms in total. The average Bonchev–Trinajstić information content (AvgIpc) is 2.59. The van der Waals surface area contributed by atoms with Gasteiger partial charge in [0, 0.05) is 12.1 Å². The van der Waals surface area contributed by atoms with Crippen LogP contribution in [0.25, 0.3) is 0 Å². The highest BCUT2D eigenvalue weighted by Crippen LogP contribution is 2.17. The molecule has 0 aromatic carbocycles. The molecule has 1 N–H and O–H groups in total. The van der Waals surface area contributed by atoms with Gasteiger partial charge in [0.1, 0.15) is 0 Å². The minimum absolute atomic E-state index is 0.743. The topological polar surface area (TPSA) is 15.3 Å². The van der Waals surface area contributed by atoms with Crippen LogP contribution in [0, 0.1) is 0 Å².